The number of rotatable bonds is 4. The van der Waals surface area contributed by atoms with Crippen LogP contribution in [0.15, 0.2) is 45.8 Å². The molecule has 2 rings (SSSR count). The van der Waals surface area contributed by atoms with Crippen molar-refractivity contribution < 1.29 is 9.21 Å². The highest BCUT2D eigenvalue weighted by Gasteiger charge is 2.09. The highest BCUT2D eigenvalue weighted by atomic mass is 35.5. The van der Waals surface area contributed by atoms with Crippen molar-refractivity contribution in [3.63, 3.8) is 0 Å². The van der Waals surface area contributed by atoms with E-state index in [9.17, 15) is 4.79 Å². The maximum atomic E-state index is 11.9. The number of benzene rings is 1. The van der Waals surface area contributed by atoms with E-state index in [-0.39, 0.29) is 17.5 Å². The average Bonchev–Trinajstić information content (AvgIpc) is 2.87. The minimum atomic E-state index is -0.297. The summed E-state index contributed by atoms with van der Waals surface area (Å²) in [6, 6.07) is 10.3. The molecule has 0 saturated carbocycles. The maximum absolute atomic E-state index is 11.9. The van der Waals surface area contributed by atoms with Gasteiger partial charge in [-0.2, -0.15) is 0 Å². The number of carbonyl (C=O) groups is 1. The van der Waals surface area contributed by atoms with E-state index in [1.807, 2.05) is 0 Å². The molecule has 0 spiro atoms. The molecule has 3 N–H and O–H groups in total. The summed E-state index contributed by atoms with van der Waals surface area (Å²) in [5.41, 5.74) is 6.86. The predicted molar refractivity (Wildman–Crippen MR) is 79.8 cm³/mol. The number of halogens is 1. The summed E-state index contributed by atoms with van der Waals surface area (Å²) < 4.78 is 5.24. The lowest BCUT2D eigenvalue weighted by atomic mass is 10.2. The van der Waals surface area contributed by atoms with Crippen LogP contribution in [0.25, 0.3) is 0 Å². The fourth-order valence-corrected chi connectivity index (χ4v) is 1.62. The SMILES string of the molecule is Cc1ccc(C(=O)Nc2ccc(N=C(N)CCl)cc2)o1. The van der Waals surface area contributed by atoms with Gasteiger partial charge in [0, 0.05) is 5.69 Å². The molecule has 1 aromatic carbocycles. The summed E-state index contributed by atoms with van der Waals surface area (Å²) in [7, 11) is 0. The summed E-state index contributed by atoms with van der Waals surface area (Å²) in [5.74, 6) is 1.19. The van der Waals surface area contributed by atoms with E-state index in [1.165, 1.54) is 0 Å². The molecule has 5 nitrogen and oxygen atoms in total. The van der Waals surface area contributed by atoms with Crippen molar-refractivity contribution in [2.24, 2.45) is 10.7 Å². The highest BCUT2D eigenvalue weighted by molar-refractivity contribution is 6.28. The number of anilines is 1. The highest BCUT2D eigenvalue weighted by Crippen LogP contribution is 2.17. The van der Waals surface area contributed by atoms with Crippen LogP contribution >= 0.6 is 11.6 Å². The van der Waals surface area contributed by atoms with Crippen molar-refractivity contribution in [1.29, 1.82) is 0 Å². The van der Waals surface area contributed by atoms with E-state index in [4.69, 9.17) is 21.8 Å². The van der Waals surface area contributed by atoms with Gasteiger partial charge in [0.05, 0.1) is 11.6 Å². The molecule has 0 fully saturated rings. The number of hydrogen-bond donors (Lipinski definition) is 2. The van der Waals surface area contributed by atoms with Gasteiger partial charge in [-0.15, -0.1) is 11.6 Å². The molecule has 0 bridgehead atoms. The van der Waals surface area contributed by atoms with Gasteiger partial charge in [-0.05, 0) is 43.3 Å². The Balaban J connectivity index is 2.06. The van der Waals surface area contributed by atoms with E-state index in [0.717, 1.165) is 0 Å². The van der Waals surface area contributed by atoms with Crippen LogP contribution in [0.2, 0.25) is 0 Å². The molecule has 0 unspecified atom stereocenters. The third kappa shape index (κ3) is 3.61. The Morgan fingerprint density at radius 3 is 2.55 bits per heavy atom. The second-order valence-corrected chi connectivity index (χ2v) is 4.42. The largest absolute Gasteiger partial charge is 0.456 e. The zero-order chi connectivity index (χ0) is 14.5. The van der Waals surface area contributed by atoms with E-state index >= 15 is 0 Å². The molecule has 1 aromatic heterocycles. The first-order valence-corrected chi connectivity index (χ1v) is 6.49. The van der Waals surface area contributed by atoms with Crippen LogP contribution in [0.1, 0.15) is 16.3 Å². The van der Waals surface area contributed by atoms with Crippen LogP contribution in [-0.4, -0.2) is 17.6 Å². The number of hydrogen-bond acceptors (Lipinski definition) is 3. The second-order valence-electron chi connectivity index (χ2n) is 4.15. The lowest BCUT2D eigenvalue weighted by Crippen LogP contribution is -2.12. The van der Waals surface area contributed by atoms with Gasteiger partial charge in [0.25, 0.3) is 5.91 Å². The summed E-state index contributed by atoms with van der Waals surface area (Å²) >= 11 is 5.55. The van der Waals surface area contributed by atoms with E-state index in [0.29, 0.717) is 23.0 Å². The topological polar surface area (TPSA) is 80.6 Å². The molecule has 104 valence electrons. The Morgan fingerprint density at radius 2 is 2.00 bits per heavy atom. The average molecular weight is 292 g/mol. The Hall–Kier alpha value is -2.27. The molecule has 1 heterocycles. The minimum Gasteiger partial charge on any atom is -0.456 e. The van der Waals surface area contributed by atoms with Crippen molar-refractivity contribution in [3.05, 3.63) is 47.9 Å². The molecule has 0 aliphatic rings. The lowest BCUT2D eigenvalue weighted by Gasteiger charge is -2.03. The van der Waals surface area contributed by atoms with E-state index < -0.39 is 0 Å². The zero-order valence-electron chi connectivity index (χ0n) is 10.9. The molecule has 20 heavy (non-hydrogen) atoms. The maximum Gasteiger partial charge on any atom is 0.291 e. The van der Waals surface area contributed by atoms with Gasteiger partial charge in [-0.1, -0.05) is 0 Å². The van der Waals surface area contributed by atoms with Gasteiger partial charge in [0.15, 0.2) is 5.76 Å². The van der Waals surface area contributed by atoms with Crippen LogP contribution in [0.3, 0.4) is 0 Å². The quantitative estimate of drug-likeness (QED) is 0.516. The summed E-state index contributed by atoms with van der Waals surface area (Å²) in [6.07, 6.45) is 0. The molecule has 0 aliphatic heterocycles. The Kier molecular flexibility index (Phi) is 4.42. The number of alkyl halides is 1. The molecule has 2 aromatic rings. The van der Waals surface area contributed by atoms with Crippen LogP contribution in [0, 0.1) is 6.92 Å². The van der Waals surface area contributed by atoms with Gasteiger partial charge in [-0.3, -0.25) is 4.79 Å². The second kappa shape index (κ2) is 6.25. The van der Waals surface area contributed by atoms with Gasteiger partial charge in [0.2, 0.25) is 0 Å². The number of aliphatic imine (C=N–C) groups is 1. The predicted octanol–water partition coefficient (Wildman–Crippen LogP) is 3.07. The number of nitrogens with one attached hydrogen (secondary N) is 1. The molecule has 0 aliphatic carbocycles. The fraction of sp³-hybridized carbons (Fsp3) is 0.143. The molecule has 0 saturated heterocycles. The minimum absolute atomic E-state index is 0.177. The number of carbonyl (C=O) groups excluding carboxylic acids is 1. The Bertz CT molecular complexity index is 632. The number of amidine groups is 1. The van der Waals surface area contributed by atoms with Crippen molar-refractivity contribution in [2.75, 3.05) is 11.2 Å². The monoisotopic (exact) mass is 291 g/mol. The summed E-state index contributed by atoms with van der Waals surface area (Å²) in [4.78, 5) is 16.0. The van der Waals surface area contributed by atoms with Crippen molar-refractivity contribution in [1.82, 2.24) is 0 Å². The third-order valence-corrected chi connectivity index (χ3v) is 2.77. The first-order valence-electron chi connectivity index (χ1n) is 5.95. The zero-order valence-corrected chi connectivity index (χ0v) is 11.6. The standard InChI is InChI=1S/C14H14ClN3O2/c1-9-2-7-12(20-9)14(19)18-11-5-3-10(4-6-11)17-13(16)8-15/h2-7H,8H2,1H3,(H2,16,17)(H,18,19). The van der Waals surface area contributed by atoms with Crippen LogP contribution < -0.4 is 11.1 Å². The van der Waals surface area contributed by atoms with Gasteiger partial charge < -0.3 is 15.5 Å². The molecule has 0 atom stereocenters. The van der Waals surface area contributed by atoms with E-state index in [1.54, 1.807) is 43.3 Å². The molecular formula is C14H14ClN3O2. The van der Waals surface area contributed by atoms with Crippen molar-refractivity contribution in [2.45, 2.75) is 6.92 Å². The Labute approximate surface area is 121 Å². The van der Waals surface area contributed by atoms with E-state index in [2.05, 4.69) is 10.3 Å². The molecule has 0 radical (unpaired) electrons. The number of nitrogens with zero attached hydrogens (tertiary/aromatic N) is 1. The van der Waals surface area contributed by atoms with Crippen LogP contribution in [0.4, 0.5) is 11.4 Å². The smallest absolute Gasteiger partial charge is 0.291 e. The third-order valence-electron chi connectivity index (χ3n) is 2.50. The van der Waals surface area contributed by atoms with Gasteiger partial charge in [0.1, 0.15) is 11.6 Å². The Morgan fingerprint density at radius 1 is 1.30 bits per heavy atom. The van der Waals surface area contributed by atoms with Crippen LogP contribution in [0.5, 0.6) is 0 Å². The fourth-order valence-electron chi connectivity index (χ4n) is 1.56. The molecular weight excluding hydrogens is 278 g/mol. The first-order chi connectivity index (χ1) is 9.58. The van der Waals surface area contributed by atoms with Crippen molar-refractivity contribution >= 4 is 34.7 Å². The van der Waals surface area contributed by atoms with Gasteiger partial charge >= 0.3 is 0 Å². The summed E-state index contributed by atoms with van der Waals surface area (Å²) in [5, 5.41) is 2.73. The lowest BCUT2D eigenvalue weighted by molar-refractivity contribution is 0.0995. The number of aryl methyl sites for hydroxylation is 1. The van der Waals surface area contributed by atoms with Gasteiger partial charge in [-0.25, -0.2) is 4.99 Å². The molecule has 6 heteroatoms. The normalized spacial score (nSPS) is 11.4. The van der Waals surface area contributed by atoms with Crippen molar-refractivity contribution in [3.8, 4) is 0 Å². The van der Waals surface area contributed by atoms with Crippen LogP contribution in [-0.2, 0) is 0 Å². The first kappa shape index (κ1) is 14.1. The molecule has 1 amide bonds. The number of furan rings is 1. The number of amides is 1. The number of nitrogens with two attached hydrogens (primary N) is 1. The summed E-state index contributed by atoms with van der Waals surface area (Å²) in [6.45, 7) is 1.78.